The Morgan fingerprint density at radius 1 is 0.927 bits per heavy atom. The van der Waals surface area contributed by atoms with Gasteiger partial charge in [0, 0.05) is 73.8 Å². The fourth-order valence-electron chi connectivity index (χ4n) is 6.50. The first-order valence-corrected chi connectivity index (χ1v) is 16.0. The minimum absolute atomic E-state index is 0.00250. The number of rotatable bonds is 7. The highest BCUT2D eigenvalue weighted by molar-refractivity contribution is 9.10. The quantitative estimate of drug-likeness (QED) is 0.379. The van der Waals surface area contributed by atoms with Crippen molar-refractivity contribution in [3.05, 3.63) is 62.0 Å². The van der Waals surface area contributed by atoms with Crippen LogP contribution in [0.3, 0.4) is 0 Å². The lowest BCUT2D eigenvalue weighted by Gasteiger charge is -2.34. The molecule has 3 aliphatic heterocycles. The molecule has 0 aromatic heterocycles. The van der Waals surface area contributed by atoms with Gasteiger partial charge < -0.3 is 19.6 Å². The van der Waals surface area contributed by atoms with E-state index in [4.69, 9.17) is 23.2 Å². The number of likely N-dealkylation sites (tertiary alicyclic amines) is 3. The van der Waals surface area contributed by atoms with E-state index in [-0.39, 0.29) is 23.6 Å². The van der Waals surface area contributed by atoms with Gasteiger partial charge in [-0.2, -0.15) is 0 Å². The van der Waals surface area contributed by atoms with Crippen LogP contribution < -0.4 is 4.90 Å². The molecular formula is C31H37BrCl2N4O3. The molecule has 2 unspecified atom stereocenters. The van der Waals surface area contributed by atoms with E-state index >= 15 is 0 Å². The molecule has 3 aliphatic rings. The lowest BCUT2D eigenvalue weighted by Crippen LogP contribution is -2.44. The van der Waals surface area contributed by atoms with Gasteiger partial charge >= 0.3 is 0 Å². The summed E-state index contributed by atoms with van der Waals surface area (Å²) >= 11 is 16.2. The number of amides is 3. The summed E-state index contributed by atoms with van der Waals surface area (Å²) in [4.78, 5) is 46.8. The second-order valence-corrected chi connectivity index (χ2v) is 13.4. The van der Waals surface area contributed by atoms with Crippen molar-refractivity contribution in [1.82, 2.24) is 14.7 Å². The zero-order valence-corrected chi connectivity index (χ0v) is 26.7. The molecule has 0 aliphatic carbocycles. The van der Waals surface area contributed by atoms with Gasteiger partial charge in [0.25, 0.3) is 5.91 Å². The van der Waals surface area contributed by atoms with Crippen molar-refractivity contribution in [3.63, 3.8) is 0 Å². The molecule has 7 nitrogen and oxygen atoms in total. The number of benzene rings is 2. The first kappa shape index (κ1) is 30.3. The Morgan fingerprint density at radius 2 is 1.61 bits per heavy atom. The number of hydrogen-bond acceptors (Lipinski definition) is 4. The van der Waals surface area contributed by atoms with Crippen LogP contribution in [-0.4, -0.2) is 84.8 Å². The van der Waals surface area contributed by atoms with E-state index in [9.17, 15) is 14.4 Å². The SMILES string of the molecule is CC(=O)N1CCC(C(=O)N(CCCN2CC3CN(C(=O)c4cc(Br)ccc4Cl)CC3C2)c2ccc(C)c(Cl)c2)CC1. The zero-order valence-electron chi connectivity index (χ0n) is 23.6. The number of piperidine rings is 1. The summed E-state index contributed by atoms with van der Waals surface area (Å²) in [7, 11) is 0. The van der Waals surface area contributed by atoms with Gasteiger partial charge in [0.15, 0.2) is 0 Å². The van der Waals surface area contributed by atoms with Crippen LogP contribution in [0.1, 0.15) is 42.1 Å². The highest BCUT2D eigenvalue weighted by Gasteiger charge is 2.42. The second-order valence-electron chi connectivity index (χ2n) is 11.7. The third-order valence-electron chi connectivity index (χ3n) is 8.89. The molecule has 220 valence electrons. The van der Waals surface area contributed by atoms with Gasteiger partial charge in [-0.25, -0.2) is 0 Å². The Morgan fingerprint density at radius 3 is 2.24 bits per heavy atom. The Labute approximate surface area is 260 Å². The van der Waals surface area contributed by atoms with Crippen LogP contribution in [0.25, 0.3) is 0 Å². The molecule has 0 spiro atoms. The third-order valence-corrected chi connectivity index (χ3v) is 10.1. The topological polar surface area (TPSA) is 64.2 Å². The number of nitrogens with zero attached hydrogens (tertiary/aromatic N) is 4. The van der Waals surface area contributed by atoms with Crippen molar-refractivity contribution in [2.75, 3.05) is 57.3 Å². The first-order chi connectivity index (χ1) is 19.6. The molecule has 0 N–H and O–H groups in total. The summed E-state index contributed by atoms with van der Waals surface area (Å²) in [5, 5.41) is 1.14. The van der Waals surface area contributed by atoms with Gasteiger partial charge in [0.05, 0.1) is 10.6 Å². The van der Waals surface area contributed by atoms with Crippen LogP contribution in [0.4, 0.5) is 5.69 Å². The fourth-order valence-corrected chi connectivity index (χ4v) is 7.23. The smallest absolute Gasteiger partial charge is 0.255 e. The molecule has 3 amide bonds. The molecule has 5 rings (SSSR count). The van der Waals surface area contributed by atoms with E-state index in [0.29, 0.717) is 59.9 Å². The average molecular weight is 664 g/mol. The van der Waals surface area contributed by atoms with Gasteiger partial charge in [0.2, 0.25) is 11.8 Å². The largest absolute Gasteiger partial charge is 0.343 e. The molecule has 0 bridgehead atoms. The van der Waals surface area contributed by atoms with Gasteiger partial charge in [0.1, 0.15) is 0 Å². The summed E-state index contributed by atoms with van der Waals surface area (Å²) < 4.78 is 0.845. The van der Waals surface area contributed by atoms with Crippen LogP contribution in [0, 0.1) is 24.7 Å². The normalized spacial score (nSPS) is 21.3. The number of carbonyl (C=O) groups is 3. The molecule has 3 heterocycles. The Hall–Kier alpha value is -2.13. The summed E-state index contributed by atoms with van der Waals surface area (Å²) in [5.74, 6) is 0.982. The molecule has 3 saturated heterocycles. The molecule has 2 aromatic rings. The minimum Gasteiger partial charge on any atom is -0.343 e. The predicted octanol–water partition coefficient (Wildman–Crippen LogP) is 5.75. The lowest BCUT2D eigenvalue weighted by atomic mass is 9.94. The summed E-state index contributed by atoms with van der Waals surface area (Å²) in [6, 6.07) is 11.2. The standard InChI is InChI=1S/C31H37BrCl2N4O3/c1-20-4-6-26(15-29(20)34)38(30(40)22-8-12-36(13-9-22)21(2)39)11-3-10-35-16-23-18-37(19-24(23)17-35)31(41)27-14-25(32)5-7-28(27)33/h4-7,14-15,22-24H,3,8-13,16-19H2,1-2H3. The van der Waals surface area contributed by atoms with E-state index in [0.717, 1.165) is 54.9 Å². The molecule has 2 atom stereocenters. The van der Waals surface area contributed by atoms with Crippen molar-refractivity contribution >= 4 is 62.5 Å². The number of anilines is 1. The lowest BCUT2D eigenvalue weighted by molar-refractivity contribution is -0.133. The maximum atomic E-state index is 13.7. The number of carbonyl (C=O) groups excluding carboxylic acids is 3. The van der Waals surface area contributed by atoms with E-state index in [2.05, 4.69) is 20.8 Å². The highest BCUT2D eigenvalue weighted by Crippen LogP contribution is 2.34. The summed E-state index contributed by atoms with van der Waals surface area (Å²) in [6.45, 7) is 9.69. The van der Waals surface area contributed by atoms with Crippen molar-refractivity contribution in [3.8, 4) is 0 Å². The van der Waals surface area contributed by atoms with Crippen molar-refractivity contribution in [1.29, 1.82) is 0 Å². The van der Waals surface area contributed by atoms with Gasteiger partial charge in [-0.1, -0.05) is 45.2 Å². The summed E-state index contributed by atoms with van der Waals surface area (Å²) in [5.41, 5.74) is 2.36. The van der Waals surface area contributed by atoms with Crippen LogP contribution >= 0.6 is 39.1 Å². The maximum absolute atomic E-state index is 13.7. The van der Waals surface area contributed by atoms with E-state index in [1.54, 1.807) is 19.1 Å². The number of aryl methyl sites for hydroxylation is 1. The monoisotopic (exact) mass is 662 g/mol. The minimum atomic E-state index is -0.0981. The maximum Gasteiger partial charge on any atom is 0.255 e. The van der Waals surface area contributed by atoms with Gasteiger partial charge in [-0.15, -0.1) is 0 Å². The van der Waals surface area contributed by atoms with Crippen molar-refractivity contribution < 1.29 is 14.4 Å². The first-order valence-electron chi connectivity index (χ1n) is 14.4. The second kappa shape index (κ2) is 13.0. The molecule has 3 fully saturated rings. The summed E-state index contributed by atoms with van der Waals surface area (Å²) in [6.07, 6.45) is 2.22. The van der Waals surface area contributed by atoms with Gasteiger partial charge in [-0.3, -0.25) is 14.4 Å². The molecule has 2 aromatic carbocycles. The highest BCUT2D eigenvalue weighted by atomic mass is 79.9. The average Bonchev–Trinajstić information content (AvgIpc) is 3.52. The number of hydrogen-bond donors (Lipinski definition) is 0. The van der Waals surface area contributed by atoms with E-state index in [1.165, 1.54) is 0 Å². The third kappa shape index (κ3) is 6.93. The number of halogens is 3. The van der Waals surface area contributed by atoms with Crippen molar-refractivity contribution in [2.45, 2.75) is 33.1 Å². The van der Waals surface area contributed by atoms with E-state index < -0.39 is 0 Å². The fraction of sp³-hybridized carbons (Fsp3) is 0.516. The Balaban J connectivity index is 1.17. The predicted molar refractivity (Wildman–Crippen MR) is 167 cm³/mol. The molecular weight excluding hydrogens is 627 g/mol. The van der Waals surface area contributed by atoms with Gasteiger partial charge in [-0.05, 0) is 80.5 Å². The molecule has 41 heavy (non-hydrogen) atoms. The number of fused-ring (bicyclic) bond motifs is 1. The molecule has 10 heteroatoms. The Bertz CT molecular complexity index is 1300. The molecule has 0 saturated carbocycles. The van der Waals surface area contributed by atoms with Crippen LogP contribution in [-0.2, 0) is 9.59 Å². The molecule has 0 radical (unpaired) electrons. The van der Waals surface area contributed by atoms with Crippen LogP contribution in [0.15, 0.2) is 40.9 Å². The Kier molecular flexibility index (Phi) is 9.64. The van der Waals surface area contributed by atoms with Crippen LogP contribution in [0.5, 0.6) is 0 Å². The zero-order chi connectivity index (χ0) is 29.3. The van der Waals surface area contributed by atoms with Crippen molar-refractivity contribution in [2.24, 2.45) is 17.8 Å². The van der Waals surface area contributed by atoms with Crippen LogP contribution in [0.2, 0.25) is 10.0 Å². The van der Waals surface area contributed by atoms with E-state index in [1.807, 2.05) is 45.9 Å².